The van der Waals surface area contributed by atoms with Crippen LogP contribution in [0.25, 0.3) is 0 Å². The molecule has 0 saturated carbocycles. The summed E-state index contributed by atoms with van der Waals surface area (Å²) in [5.41, 5.74) is 11.7. The molecule has 2 heterocycles. The Hall–Kier alpha value is -4.79. The average Bonchev–Trinajstić information content (AvgIpc) is 3.86. The number of hydrazine groups is 1. The van der Waals surface area contributed by atoms with E-state index in [9.17, 15) is 43.9 Å². The van der Waals surface area contributed by atoms with E-state index in [0.29, 0.717) is 88.9 Å². The summed E-state index contributed by atoms with van der Waals surface area (Å²) in [5.74, 6) is -3.58. The van der Waals surface area contributed by atoms with Gasteiger partial charge in [0.05, 0.1) is 30.6 Å². The number of nitrogens with one attached hydrogen (secondary N) is 7. The van der Waals surface area contributed by atoms with Crippen molar-refractivity contribution in [2.24, 2.45) is 10.7 Å². The molecule has 5 amide bonds. The molecule has 2 aliphatic rings. The number of hydrogen-bond donors (Lipinski definition) is 11. The highest BCUT2D eigenvalue weighted by Crippen LogP contribution is 2.19. The topological polar surface area (TPSA) is 289 Å². The molecular formula is C34H55BN10O9. The van der Waals surface area contributed by atoms with Crippen molar-refractivity contribution in [2.45, 2.75) is 101 Å². The van der Waals surface area contributed by atoms with E-state index in [1.54, 1.807) is 18.5 Å². The highest BCUT2D eigenvalue weighted by atomic mass is 16.4. The number of carbonyl (C=O) groups is 6. The third kappa shape index (κ3) is 14.9. The minimum atomic E-state index is -1.64. The van der Waals surface area contributed by atoms with Gasteiger partial charge in [0, 0.05) is 50.6 Å². The molecule has 19 nitrogen and oxygen atoms in total. The van der Waals surface area contributed by atoms with Gasteiger partial charge in [0.15, 0.2) is 0 Å². The van der Waals surface area contributed by atoms with Crippen LogP contribution in [0.5, 0.6) is 0 Å². The number of carboxylic acids is 1. The van der Waals surface area contributed by atoms with Crippen molar-refractivity contribution in [1.29, 1.82) is 0 Å². The molecule has 0 bridgehead atoms. The lowest BCUT2D eigenvalue weighted by atomic mass is 9.78. The van der Waals surface area contributed by atoms with Crippen molar-refractivity contribution >= 4 is 54.6 Å². The molecule has 54 heavy (non-hydrogen) atoms. The Balaban J connectivity index is 1.25. The molecule has 1 aromatic carbocycles. The summed E-state index contributed by atoms with van der Waals surface area (Å²) < 4.78 is 0. The van der Waals surface area contributed by atoms with Crippen LogP contribution in [0.1, 0.15) is 81.5 Å². The predicted molar refractivity (Wildman–Crippen MR) is 201 cm³/mol. The maximum absolute atomic E-state index is 12.9. The molecule has 12 N–H and O–H groups in total. The number of benzene rings is 1. The molecule has 1 fully saturated rings. The largest absolute Gasteiger partial charge is 0.480 e. The Labute approximate surface area is 315 Å². The second-order valence-electron chi connectivity index (χ2n) is 13.4. The molecule has 0 aliphatic carbocycles. The molecule has 2 aliphatic heterocycles. The number of carboxylic acid groups (broad SMARTS) is 1. The zero-order valence-electron chi connectivity index (χ0n) is 30.7. The van der Waals surface area contributed by atoms with Crippen LogP contribution in [0.2, 0.25) is 0 Å². The van der Waals surface area contributed by atoms with E-state index < -0.39 is 54.9 Å². The summed E-state index contributed by atoms with van der Waals surface area (Å²) >= 11 is 0. The van der Waals surface area contributed by atoms with Gasteiger partial charge in [0.1, 0.15) is 12.1 Å². The summed E-state index contributed by atoms with van der Waals surface area (Å²) in [7, 11) is -1.64. The van der Waals surface area contributed by atoms with Crippen LogP contribution in [-0.4, -0.2) is 132 Å². The minimum absolute atomic E-state index is 0.0244. The van der Waals surface area contributed by atoms with Crippen molar-refractivity contribution < 1.29 is 43.9 Å². The van der Waals surface area contributed by atoms with E-state index >= 15 is 0 Å². The SMILES string of the molecule is C[C@@H](NC(=O)c1ccc(NNC(=O)CCCCC(=O)NCCCC[C@H](NC(=O)[C@H](CC2CN=CN2)NCCN)C(=O)O)cc1)C(=O)N1CCC[C@H]1B(O)O. The van der Waals surface area contributed by atoms with Crippen LogP contribution in [0.3, 0.4) is 0 Å². The number of amides is 5. The Morgan fingerprint density at radius 2 is 1.70 bits per heavy atom. The molecule has 20 heteroatoms. The standard InChI is InChI=1S/C34H55BN10O9/c1-22(33(50)45-18-6-8-28(45)35(53)54)41-31(48)23-11-13-24(14-12-23)43-44-30(47)10-3-2-9-29(46)39-16-5-4-7-26(34(51)52)42-32(49)27(38-17-15-36)19-25-20-37-21-40-25/h11-14,21-22,25-28,38,43,53-54H,2-10,15-20,36H2,1H3,(H,37,40)(H,39,46)(H,41,48)(H,42,49)(H,44,47)(H,51,52)/t22-,25?,26+,27+,28+/m1/s1. The lowest BCUT2D eigenvalue weighted by Crippen LogP contribution is -2.53. The van der Waals surface area contributed by atoms with E-state index in [4.69, 9.17) is 5.73 Å². The molecule has 0 spiro atoms. The third-order valence-corrected chi connectivity index (χ3v) is 9.15. The molecule has 5 atom stereocenters. The summed E-state index contributed by atoms with van der Waals surface area (Å²) in [4.78, 5) is 80.1. The Kier molecular flexibility index (Phi) is 18.7. The van der Waals surface area contributed by atoms with Gasteiger partial charge in [-0.05, 0) is 82.6 Å². The normalized spacial score (nSPS) is 17.8. The number of carbonyl (C=O) groups excluding carboxylic acids is 5. The first-order valence-corrected chi connectivity index (χ1v) is 18.5. The smallest absolute Gasteiger partial charge is 0.475 e. The van der Waals surface area contributed by atoms with Gasteiger partial charge in [0.25, 0.3) is 5.91 Å². The van der Waals surface area contributed by atoms with Crippen LogP contribution < -0.4 is 43.2 Å². The Morgan fingerprint density at radius 1 is 0.981 bits per heavy atom. The van der Waals surface area contributed by atoms with Crippen LogP contribution >= 0.6 is 0 Å². The molecule has 298 valence electrons. The first-order valence-electron chi connectivity index (χ1n) is 18.5. The first-order chi connectivity index (χ1) is 25.9. The van der Waals surface area contributed by atoms with Crippen molar-refractivity contribution in [2.75, 3.05) is 38.1 Å². The van der Waals surface area contributed by atoms with Crippen LogP contribution in [0.15, 0.2) is 29.3 Å². The summed E-state index contributed by atoms with van der Waals surface area (Å²) in [6, 6.07) is 3.66. The highest BCUT2D eigenvalue weighted by molar-refractivity contribution is 6.43. The summed E-state index contributed by atoms with van der Waals surface area (Å²) in [6.07, 6.45) is 5.69. The highest BCUT2D eigenvalue weighted by Gasteiger charge is 2.38. The lowest BCUT2D eigenvalue weighted by molar-refractivity contribution is -0.142. The van der Waals surface area contributed by atoms with Gasteiger partial charge in [-0.3, -0.25) is 39.8 Å². The van der Waals surface area contributed by atoms with Gasteiger partial charge >= 0.3 is 13.1 Å². The zero-order chi connectivity index (χ0) is 39.5. The summed E-state index contributed by atoms with van der Waals surface area (Å²) in [6.45, 7) is 3.55. The predicted octanol–water partition coefficient (Wildman–Crippen LogP) is -2.03. The number of nitrogens with two attached hydrogens (primary N) is 1. The second kappa shape index (κ2) is 23.1. The van der Waals surface area contributed by atoms with Crippen molar-refractivity contribution in [3.8, 4) is 0 Å². The number of likely N-dealkylation sites (tertiary alicyclic amines) is 1. The monoisotopic (exact) mass is 758 g/mol. The third-order valence-electron chi connectivity index (χ3n) is 9.15. The van der Waals surface area contributed by atoms with E-state index in [-0.39, 0.29) is 37.1 Å². The number of rotatable bonds is 24. The molecule has 1 saturated heterocycles. The summed E-state index contributed by atoms with van der Waals surface area (Å²) in [5, 5.41) is 42.9. The van der Waals surface area contributed by atoms with Gasteiger partial charge < -0.3 is 52.4 Å². The van der Waals surface area contributed by atoms with E-state index in [1.165, 1.54) is 24.0 Å². The van der Waals surface area contributed by atoms with Crippen LogP contribution in [-0.2, 0) is 24.0 Å². The van der Waals surface area contributed by atoms with Gasteiger partial charge in [-0.25, -0.2) is 4.79 Å². The number of aliphatic imine (C=N–C) groups is 1. The van der Waals surface area contributed by atoms with Gasteiger partial charge in [-0.1, -0.05) is 0 Å². The number of nitrogens with zero attached hydrogens (tertiary/aromatic N) is 2. The fraction of sp³-hybridized carbons (Fsp3) is 0.618. The Bertz CT molecular complexity index is 1430. The molecular weight excluding hydrogens is 703 g/mol. The van der Waals surface area contributed by atoms with Crippen LogP contribution in [0, 0.1) is 0 Å². The molecule has 1 unspecified atom stereocenters. The molecule has 0 aromatic heterocycles. The van der Waals surface area contributed by atoms with Gasteiger partial charge in [0.2, 0.25) is 23.6 Å². The number of anilines is 1. The molecule has 0 radical (unpaired) electrons. The van der Waals surface area contributed by atoms with E-state index in [0.717, 1.165) is 0 Å². The second-order valence-corrected chi connectivity index (χ2v) is 13.4. The maximum atomic E-state index is 12.9. The zero-order valence-corrected chi connectivity index (χ0v) is 30.7. The average molecular weight is 759 g/mol. The van der Waals surface area contributed by atoms with Crippen molar-refractivity contribution in [3.05, 3.63) is 29.8 Å². The fourth-order valence-corrected chi connectivity index (χ4v) is 6.12. The fourth-order valence-electron chi connectivity index (χ4n) is 6.12. The molecule has 1 aromatic rings. The number of unbranched alkanes of at least 4 members (excludes halogenated alkanes) is 2. The van der Waals surface area contributed by atoms with Crippen molar-refractivity contribution in [3.63, 3.8) is 0 Å². The number of aliphatic carboxylic acids is 1. The van der Waals surface area contributed by atoms with E-state index in [1.807, 2.05) is 0 Å². The van der Waals surface area contributed by atoms with Crippen molar-refractivity contribution in [1.82, 2.24) is 36.9 Å². The lowest BCUT2D eigenvalue weighted by Gasteiger charge is -2.27. The van der Waals surface area contributed by atoms with Gasteiger partial charge in [-0.15, -0.1) is 0 Å². The van der Waals surface area contributed by atoms with Crippen LogP contribution in [0.4, 0.5) is 5.69 Å². The minimum Gasteiger partial charge on any atom is -0.480 e. The molecule has 3 rings (SSSR count). The maximum Gasteiger partial charge on any atom is 0.475 e. The first kappa shape index (κ1) is 43.6. The Morgan fingerprint density at radius 3 is 2.35 bits per heavy atom. The van der Waals surface area contributed by atoms with Gasteiger partial charge in [-0.2, -0.15) is 0 Å². The quantitative estimate of drug-likeness (QED) is 0.0309. The van der Waals surface area contributed by atoms with E-state index in [2.05, 4.69) is 42.4 Å². The number of hydrogen-bond acceptors (Lipinski definition) is 13.